The predicted octanol–water partition coefficient (Wildman–Crippen LogP) is 5.85. The minimum absolute atomic E-state index is 0.364. The second-order valence-corrected chi connectivity index (χ2v) is 6.77. The maximum atomic E-state index is 12.1. The zero-order valence-corrected chi connectivity index (χ0v) is 14.4. The molecule has 0 aliphatic rings. The lowest BCUT2D eigenvalue weighted by molar-refractivity contribution is 0.262. The Morgan fingerprint density at radius 1 is 1.08 bits per heavy atom. The average molecular weight is 370 g/mol. The Labute approximate surface area is 152 Å². The van der Waals surface area contributed by atoms with Crippen molar-refractivity contribution in [1.29, 1.82) is 0 Å². The van der Waals surface area contributed by atoms with Gasteiger partial charge in [-0.1, -0.05) is 35.1 Å². The molecule has 2 heterocycles. The molecule has 2 aromatic heterocycles. The van der Waals surface area contributed by atoms with Crippen LogP contribution in [-0.2, 0) is 0 Å². The van der Waals surface area contributed by atoms with E-state index in [0.717, 1.165) is 21.3 Å². The highest BCUT2D eigenvalue weighted by Crippen LogP contribution is 2.30. The van der Waals surface area contributed by atoms with Crippen LogP contribution in [0.25, 0.3) is 21.3 Å². The molecule has 0 saturated carbocycles. The van der Waals surface area contributed by atoms with E-state index in [0.29, 0.717) is 15.8 Å². The first kappa shape index (κ1) is 15.7. The molecule has 4 rings (SSSR count). The monoisotopic (exact) mass is 369 g/mol. The number of carbonyl (C=O) groups excluding carboxylic acids is 1. The number of nitrogens with one attached hydrogen (secondary N) is 2. The molecule has 2 amide bonds. The lowest BCUT2D eigenvalue weighted by atomic mass is 10.1. The average Bonchev–Trinajstić information content (AvgIpc) is 3.23. The van der Waals surface area contributed by atoms with Crippen LogP contribution in [0.5, 0.6) is 0 Å². The van der Waals surface area contributed by atoms with Gasteiger partial charge in [0.25, 0.3) is 0 Å². The zero-order chi connectivity index (χ0) is 17.2. The summed E-state index contributed by atoms with van der Waals surface area (Å²) in [6, 6.07) is 14.4. The van der Waals surface area contributed by atoms with Crippen molar-refractivity contribution in [2.24, 2.45) is 0 Å². The van der Waals surface area contributed by atoms with E-state index < -0.39 is 0 Å². The fourth-order valence-corrected chi connectivity index (χ4v) is 3.50. The fraction of sp³-hybridized carbons (Fsp3) is 0. The molecule has 0 unspecified atom stereocenters. The Bertz CT molecular complexity index is 1040. The molecule has 25 heavy (non-hydrogen) atoms. The quantitative estimate of drug-likeness (QED) is 0.475. The van der Waals surface area contributed by atoms with Gasteiger partial charge in [-0.05, 0) is 42.0 Å². The van der Waals surface area contributed by atoms with E-state index in [1.807, 2.05) is 24.3 Å². The Hall–Kier alpha value is -2.83. The Balaban J connectivity index is 1.52. The number of thiazole rings is 1. The summed E-state index contributed by atoms with van der Waals surface area (Å²) in [5.74, 6) is 0. The van der Waals surface area contributed by atoms with Crippen molar-refractivity contribution in [3.05, 3.63) is 66.1 Å². The number of halogens is 1. The highest BCUT2D eigenvalue weighted by Gasteiger charge is 2.09. The van der Waals surface area contributed by atoms with E-state index in [9.17, 15) is 4.79 Å². The van der Waals surface area contributed by atoms with Gasteiger partial charge in [0.15, 0.2) is 5.13 Å². The molecule has 5 nitrogen and oxygen atoms in total. The largest absolute Gasteiger partial charge is 0.472 e. The van der Waals surface area contributed by atoms with Crippen LogP contribution in [0.15, 0.2) is 65.5 Å². The van der Waals surface area contributed by atoms with Gasteiger partial charge in [-0.3, -0.25) is 5.32 Å². The van der Waals surface area contributed by atoms with E-state index >= 15 is 0 Å². The molecule has 0 aliphatic carbocycles. The molecule has 4 aromatic rings. The Morgan fingerprint density at radius 3 is 2.80 bits per heavy atom. The van der Waals surface area contributed by atoms with Gasteiger partial charge in [0, 0.05) is 16.3 Å². The minimum Gasteiger partial charge on any atom is -0.472 e. The van der Waals surface area contributed by atoms with E-state index in [2.05, 4.69) is 15.6 Å². The van der Waals surface area contributed by atoms with Crippen LogP contribution in [0.2, 0.25) is 5.02 Å². The third-order valence-electron chi connectivity index (χ3n) is 3.55. The first-order valence-corrected chi connectivity index (χ1v) is 8.63. The highest BCUT2D eigenvalue weighted by atomic mass is 35.5. The molecule has 2 N–H and O–H groups in total. The number of benzene rings is 2. The molecule has 0 aliphatic heterocycles. The van der Waals surface area contributed by atoms with Gasteiger partial charge in [0.05, 0.1) is 22.7 Å². The first-order valence-electron chi connectivity index (χ1n) is 7.44. The summed E-state index contributed by atoms with van der Waals surface area (Å²) < 4.78 is 6.10. The molecule has 0 radical (unpaired) electrons. The van der Waals surface area contributed by atoms with Crippen molar-refractivity contribution in [3.63, 3.8) is 0 Å². The Kier molecular flexibility index (Phi) is 4.13. The van der Waals surface area contributed by atoms with Crippen LogP contribution < -0.4 is 10.6 Å². The second kappa shape index (κ2) is 6.58. The van der Waals surface area contributed by atoms with Gasteiger partial charge in [-0.2, -0.15) is 0 Å². The normalized spacial score (nSPS) is 10.8. The van der Waals surface area contributed by atoms with Gasteiger partial charge >= 0.3 is 6.03 Å². The lowest BCUT2D eigenvalue weighted by Gasteiger charge is -2.05. The van der Waals surface area contributed by atoms with Crippen molar-refractivity contribution in [2.45, 2.75) is 0 Å². The molecular weight excluding hydrogens is 358 g/mol. The smallest absolute Gasteiger partial charge is 0.325 e. The molecule has 0 saturated heterocycles. The number of nitrogens with zero attached hydrogens (tertiary/aromatic N) is 1. The molecular formula is C18H12ClN3O2S. The summed E-state index contributed by atoms with van der Waals surface area (Å²) in [4.78, 5) is 16.5. The van der Waals surface area contributed by atoms with Crippen molar-refractivity contribution in [3.8, 4) is 11.1 Å². The van der Waals surface area contributed by atoms with Crippen LogP contribution in [0.4, 0.5) is 15.6 Å². The van der Waals surface area contributed by atoms with Gasteiger partial charge < -0.3 is 9.73 Å². The van der Waals surface area contributed by atoms with Crippen LogP contribution in [-0.4, -0.2) is 11.0 Å². The van der Waals surface area contributed by atoms with E-state index in [1.54, 1.807) is 36.8 Å². The Morgan fingerprint density at radius 2 is 2.00 bits per heavy atom. The number of carbonyl (C=O) groups is 1. The highest BCUT2D eigenvalue weighted by molar-refractivity contribution is 7.22. The molecule has 0 spiro atoms. The van der Waals surface area contributed by atoms with Crippen LogP contribution in [0.3, 0.4) is 0 Å². The number of urea groups is 1. The SMILES string of the molecule is O=C(Nc1cccc(Cl)c1)Nc1nc2ccc(-c3ccoc3)cc2s1. The number of hydrogen-bond acceptors (Lipinski definition) is 4. The molecule has 0 fully saturated rings. The molecule has 0 atom stereocenters. The number of hydrogen-bond donors (Lipinski definition) is 2. The number of rotatable bonds is 3. The van der Waals surface area contributed by atoms with Crippen molar-refractivity contribution in [2.75, 3.05) is 10.6 Å². The summed E-state index contributed by atoms with van der Waals surface area (Å²) in [7, 11) is 0. The summed E-state index contributed by atoms with van der Waals surface area (Å²) in [6.07, 6.45) is 3.33. The second-order valence-electron chi connectivity index (χ2n) is 5.30. The molecule has 124 valence electrons. The van der Waals surface area contributed by atoms with Gasteiger partial charge in [-0.15, -0.1) is 0 Å². The predicted molar refractivity (Wildman–Crippen MR) is 101 cm³/mol. The maximum Gasteiger partial charge on any atom is 0.325 e. The number of furan rings is 1. The summed E-state index contributed by atoms with van der Waals surface area (Å²) in [6.45, 7) is 0. The van der Waals surface area contributed by atoms with Crippen LogP contribution >= 0.6 is 22.9 Å². The standard InChI is InChI=1S/C18H12ClN3O2S/c19-13-2-1-3-14(9-13)20-17(23)22-18-21-15-5-4-11(8-16(15)25-18)12-6-7-24-10-12/h1-10H,(H2,20,21,22,23). The van der Waals surface area contributed by atoms with E-state index in [1.165, 1.54) is 11.3 Å². The number of fused-ring (bicyclic) bond motifs is 1. The lowest BCUT2D eigenvalue weighted by Crippen LogP contribution is -2.19. The van der Waals surface area contributed by atoms with E-state index in [-0.39, 0.29) is 6.03 Å². The number of amides is 2. The summed E-state index contributed by atoms with van der Waals surface area (Å²) in [5.41, 5.74) is 3.49. The van der Waals surface area contributed by atoms with Crippen molar-refractivity contribution < 1.29 is 9.21 Å². The number of aromatic nitrogens is 1. The van der Waals surface area contributed by atoms with Crippen LogP contribution in [0.1, 0.15) is 0 Å². The maximum absolute atomic E-state index is 12.1. The zero-order valence-electron chi connectivity index (χ0n) is 12.8. The van der Waals surface area contributed by atoms with Crippen LogP contribution in [0, 0.1) is 0 Å². The minimum atomic E-state index is -0.364. The van der Waals surface area contributed by atoms with Gasteiger partial charge in [-0.25, -0.2) is 9.78 Å². The third-order valence-corrected chi connectivity index (χ3v) is 4.71. The molecule has 0 bridgehead atoms. The van der Waals surface area contributed by atoms with Gasteiger partial charge in [0.1, 0.15) is 0 Å². The topological polar surface area (TPSA) is 67.2 Å². The van der Waals surface area contributed by atoms with Gasteiger partial charge in [0.2, 0.25) is 0 Å². The first-order chi connectivity index (χ1) is 12.2. The molecule has 2 aromatic carbocycles. The van der Waals surface area contributed by atoms with Crippen molar-refractivity contribution in [1.82, 2.24) is 4.98 Å². The van der Waals surface area contributed by atoms with E-state index in [4.69, 9.17) is 16.0 Å². The van der Waals surface area contributed by atoms with Crippen molar-refractivity contribution >= 4 is 50.0 Å². The summed E-state index contributed by atoms with van der Waals surface area (Å²) >= 11 is 7.32. The number of anilines is 2. The summed E-state index contributed by atoms with van der Waals surface area (Å²) in [5, 5.41) is 6.56. The third kappa shape index (κ3) is 3.50. The molecule has 7 heteroatoms. The fourth-order valence-electron chi connectivity index (χ4n) is 2.41.